The molecule has 2 nitrogen and oxygen atoms in total. The molecule has 2 rings (SSSR count). The van der Waals surface area contributed by atoms with Gasteiger partial charge in [0.05, 0.1) is 4.88 Å². The molecule has 1 saturated heterocycles. The molecule has 0 radical (unpaired) electrons. The molecule has 0 spiro atoms. The van der Waals surface area contributed by atoms with Crippen molar-refractivity contribution < 1.29 is 4.79 Å². The van der Waals surface area contributed by atoms with Gasteiger partial charge in [0.15, 0.2) is 0 Å². The fraction of sp³-hybridized carbons (Fsp3) is 0.545. The first-order valence-electron chi connectivity index (χ1n) is 4.82. The maximum absolute atomic E-state index is 11.9. The van der Waals surface area contributed by atoms with Gasteiger partial charge < -0.3 is 4.90 Å². The van der Waals surface area contributed by atoms with E-state index in [1.165, 1.54) is 5.56 Å². The van der Waals surface area contributed by atoms with Gasteiger partial charge in [-0.25, -0.2) is 0 Å². The molecule has 1 aromatic heterocycles. The van der Waals surface area contributed by atoms with Gasteiger partial charge in [-0.2, -0.15) is 0 Å². The molecule has 0 bridgehead atoms. The van der Waals surface area contributed by atoms with Crippen LogP contribution in [0.25, 0.3) is 0 Å². The van der Waals surface area contributed by atoms with Gasteiger partial charge in [0, 0.05) is 13.1 Å². The molecule has 2 heterocycles. The first-order chi connectivity index (χ1) is 6.48. The lowest BCUT2D eigenvalue weighted by Gasteiger charge is -2.45. The average molecular weight is 209 g/mol. The smallest absolute Gasteiger partial charge is 0.263 e. The molecule has 1 amide bonds. The summed E-state index contributed by atoms with van der Waals surface area (Å²) in [7, 11) is 0. The van der Waals surface area contributed by atoms with Crippen LogP contribution in [0.15, 0.2) is 11.4 Å². The molecule has 1 aromatic rings. The van der Waals surface area contributed by atoms with Crippen LogP contribution in [0.3, 0.4) is 0 Å². The van der Waals surface area contributed by atoms with E-state index in [0.29, 0.717) is 5.41 Å². The Morgan fingerprint density at radius 2 is 2.14 bits per heavy atom. The second kappa shape index (κ2) is 3.09. The van der Waals surface area contributed by atoms with E-state index in [2.05, 4.69) is 13.8 Å². The zero-order valence-corrected chi connectivity index (χ0v) is 9.65. The molecule has 0 aliphatic carbocycles. The van der Waals surface area contributed by atoms with Crippen molar-refractivity contribution in [1.29, 1.82) is 0 Å². The van der Waals surface area contributed by atoms with Crippen LogP contribution >= 0.6 is 11.3 Å². The summed E-state index contributed by atoms with van der Waals surface area (Å²) in [4.78, 5) is 14.7. The number of nitrogens with zero attached hydrogens (tertiary/aromatic N) is 1. The zero-order chi connectivity index (χ0) is 10.3. The Labute approximate surface area is 88.5 Å². The summed E-state index contributed by atoms with van der Waals surface area (Å²) in [5.74, 6) is 0.197. The molecule has 0 aromatic carbocycles. The van der Waals surface area contributed by atoms with Crippen molar-refractivity contribution in [2.45, 2.75) is 20.8 Å². The fourth-order valence-electron chi connectivity index (χ4n) is 1.83. The van der Waals surface area contributed by atoms with E-state index < -0.39 is 0 Å². The van der Waals surface area contributed by atoms with Crippen LogP contribution in [0.4, 0.5) is 0 Å². The summed E-state index contributed by atoms with van der Waals surface area (Å²) in [5.41, 5.74) is 1.50. The second-order valence-corrected chi connectivity index (χ2v) is 5.72. The average Bonchev–Trinajstić information content (AvgIpc) is 2.46. The van der Waals surface area contributed by atoms with Crippen molar-refractivity contribution in [3.05, 3.63) is 21.9 Å². The molecule has 76 valence electrons. The predicted octanol–water partition coefficient (Wildman–Crippen LogP) is 2.54. The second-order valence-electron chi connectivity index (χ2n) is 4.81. The SMILES string of the molecule is Cc1csc(C(=O)N2CC(C)(C)C2)c1. The molecule has 1 aliphatic heterocycles. The van der Waals surface area contributed by atoms with Crippen molar-refractivity contribution in [2.24, 2.45) is 5.41 Å². The molecule has 0 atom stereocenters. The highest BCUT2D eigenvalue weighted by atomic mass is 32.1. The summed E-state index contributed by atoms with van der Waals surface area (Å²) in [6.07, 6.45) is 0. The molecular formula is C11H15NOS. The number of hydrogen-bond acceptors (Lipinski definition) is 2. The van der Waals surface area contributed by atoms with E-state index in [4.69, 9.17) is 0 Å². The topological polar surface area (TPSA) is 20.3 Å². The third-order valence-electron chi connectivity index (χ3n) is 2.47. The van der Waals surface area contributed by atoms with Crippen LogP contribution in [0.5, 0.6) is 0 Å². The van der Waals surface area contributed by atoms with Crippen molar-refractivity contribution >= 4 is 17.2 Å². The van der Waals surface area contributed by atoms with Gasteiger partial charge in [0.1, 0.15) is 0 Å². The molecular weight excluding hydrogens is 194 g/mol. The van der Waals surface area contributed by atoms with E-state index >= 15 is 0 Å². The lowest BCUT2D eigenvalue weighted by Crippen LogP contribution is -2.55. The first-order valence-corrected chi connectivity index (χ1v) is 5.70. The molecule has 3 heteroatoms. The Hall–Kier alpha value is -0.830. The minimum Gasteiger partial charge on any atom is -0.337 e. The van der Waals surface area contributed by atoms with E-state index in [-0.39, 0.29) is 5.91 Å². The van der Waals surface area contributed by atoms with Crippen molar-refractivity contribution in [3.8, 4) is 0 Å². The predicted molar refractivity (Wildman–Crippen MR) is 58.7 cm³/mol. The molecule has 1 fully saturated rings. The zero-order valence-electron chi connectivity index (χ0n) is 8.83. The minimum absolute atomic E-state index is 0.197. The van der Waals surface area contributed by atoms with Crippen LogP contribution in [0.1, 0.15) is 29.1 Å². The first kappa shape index (κ1) is 9.71. The van der Waals surface area contributed by atoms with Gasteiger partial charge in [-0.1, -0.05) is 13.8 Å². The van der Waals surface area contributed by atoms with Gasteiger partial charge in [0.2, 0.25) is 0 Å². The number of hydrogen-bond donors (Lipinski definition) is 0. The van der Waals surface area contributed by atoms with E-state index in [1.54, 1.807) is 11.3 Å². The maximum atomic E-state index is 11.9. The highest BCUT2D eigenvalue weighted by molar-refractivity contribution is 7.12. The number of likely N-dealkylation sites (tertiary alicyclic amines) is 1. The van der Waals surface area contributed by atoms with Crippen molar-refractivity contribution in [2.75, 3.05) is 13.1 Å². The van der Waals surface area contributed by atoms with Crippen LogP contribution in [0.2, 0.25) is 0 Å². The van der Waals surface area contributed by atoms with Crippen molar-refractivity contribution in [1.82, 2.24) is 4.90 Å². The number of carbonyl (C=O) groups is 1. The Balaban J connectivity index is 2.04. The molecule has 0 N–H and O–H groups in total. The Kier molecular flexibility index (Phi) is 2.14. The Morgan fingerprint density at radius 1 is 1.50 bits per heavy atom. The molecule has 0 unspecified atom stereocenters. The van der Waals surface area contributed by atoms with Gasteiger partial charge in [-0.3, -0.25) is 4.79 Å². The van der Waals surface area contributed by atoms with Crippen LogP contribution < -0.4 is 0 Å². The number of carbonyl (C=O) groups excluding carboxylic acids is 1. The Morgan fingerprint density at radius 3 is 2.57 bits per heavy atom. The summed E-state index contributed by atoms with van der Waals surface area (Å²) in [6, 6.07) is 1.97. The normalized spacial score (nSPS) is 19.2. The van der Waals surface area contributed by atoms with Gasteiger partial charge >= 0.3 is 0 Å². The number of amides is 1. The molecule has 14 heavy (non-hydrogen) atoms. The van der Waals surface area contributed by atoms with Crippen LogP contribution in [-0.4, -0.2) is 23.9 Å². The van der Waals surface area contributed by atoms with E-state index in [9.17, 15) is 4.79 Å². The minimum atomic E-state index is 0.197. The van der Waals surface area contributed by atoms with E-state index in [0.717, 1.165) is 18.0 Å². The number of rotatable bonds is 1. The van der Waals surface area contributed by atoms with Gasteiger partial charge in [-0.05, 0) is 29.3 Å². The van der Waals surface area contributed by atoms with Gasteiger partial charge in [-0.15, -0.1) is 11.3 Å². The maximum Gasteiger partial charge on any atom is 0.263 e. The largest absolute Gasteiger partial charge is 0.337 e. The molecule has 1 aliphatic rings. The quantitative estimate of drug-likeness (QED) is 0.696. The lowest BCUT2D eigenvalue weighted by atomic mass is 9.84. The lowest BCUT2D eigenvalue weighted by molar-refractivity contribution is 0.0240. The van der Waals surface area contributed by atoms with E-state index in [1.807, 2.05) is 23.3 Å². The summed E-state index contributed by atoms with van der Waals surface area (Å²) in [5, 5.41) is 2.03. The summed E-state index contributed by atoms with van der Waals surface area (Å²) < 4.78 is 0. The standard InChI is InChI=1S/C11H15NOS/c1-8-4-9(14-5-8)10(13)12-6-11(2,3)7-12/h4-5H,6-7H2,1-3H3. The fourth-order valence-corrected chi connectivity index (χ4v) is 2.69. The highest BCUT2D eigenvalue weighted by Gasteiger charge is 2.37. The van der Waals surface area contributed by atoms with Gasteiger partial charge in [0.25, 0.3) is 5.91 Å². The summed E-state index contributed by atoms with van der Waals surface area (Å²) in [6.45, 7) is 8.19. The number of thiophene rings is 1. The summed E-state index contributed by atoms with van der Waals surface area (Å²) >= 11 is 1.54. The monoisotopic (exact) mass is 209 g/mol. The third kappa shape index (κ3) is 1.69. The highest BCUT2D eigenvalue weighted by Crippen LogP contribution is 2.30. The third-order valence-corrected chi connectivity index (χ3v) is 3.50. The Bertz CT molecular complexity index is 359. The van der Waals surface area contributed by atoms with Crippen LogP contribution in [0, 0.1) is 12.3 Å². The molecule has 0 saturated carbocycles. The number of aryl methyl sites for hydroxylation is 1. The van der Waals surface area contributed by atoms with Crippen LogP contribution in [-0.2, 0) is 0 Å². The van der Waals surface area contributed by atoms with Crippen molar-refractivity contribution in [3.63, 3.8) is 0 Å².